The molecule has 5 heteroatoms. The van der Waals surface area contributed by atoms with Gasteiger partial charge >= 0.3 is 6.09 Å². The first-order valence-corrected chi connectivity index (χ1v) is 6.27. The molecule has 0 saturated carbocycles. The van der Waals surface area contributed by atoms with E-state index < -0.39 is 16.8 Å². The number of ether oxygens (including phenoxy) is 1. The maximum absolute atomic E-state index is 11.9. The summed E-state index contributed by atoms with van der Waals surface area (Å²) in [7, 11) is 0. The van der Waals surface area contributed by atoms with Crippen molar-refractivity contribution in [2.75, 3.05) is 6.54 Å². The Balaban J connectivity index is 2.61. The summed E-state index contributed by atoms with van der Waals surface area (Å²) in [5, 5.41) is 9.71. The molecule has 19 heavy (non-hydrogen) atoms. The highest BCUT2D eigenvalue weighted by atomic mass is 16.6. The molecule has 0 radical (unpaired) electrons. The number of nitrogens with zero attached hydrogens (tertiary/aromatic N) is 1. The van der Waals surface area contributed by atoms with Crippen LogP contribution in [0.2, 0.25) is 0 Å². The maximum Gasteiger partial charge on any atom is 0.517 e. The van der Waals surface area contributed by atoms with E-state index >= 15 is 0 Å². The molecule has 1 aliphatic heterocycles. The molecule has 102 valence electrons. The van der Waals surface area contributed by atoms with Crippen molar-refractivity contribution in [2.45, 2.75) is 32.0 Å². The molecule has 0 aliphatic carbocycles. The maximum atomic E-state index is 11.9. The highest BCUT2D eigenvalue weighted by Gasteiger charge is 2.54. The van der Waals surface area contributed by atoms with Crippen molar-refractivity contribution < 1.29 is 25.3 Å². The molecule has 1 aliphatic rings. The second-order valence-electron chi connectivity index (χ2n) is 4.75. The molecule has 1 aromatic rings. The van der Waals surface area contributed by atoms with Crippen LogP contribution in [0.4, 0.5) is 4.79 Å². The van der Waals surface area contributed by atoms with Gasteiger partial charge in [0.15, 0.2) is 1.37 Å². The topological polar surface area (TPSA) is 63.6 Å². The summed E-state index contributed by atoms with van der Waals surface area (Å²) in [4.78, 5) is 22.8. The summed E-state index contributed by atoms with van der Waals surface area (Å²) >= 11 is 0. The van der Waals surface area contributed by atoms with Crippen LogP contribution in [0.25, 0.3) is 0 Å². The first-order chi connectivity index (χ1) is 9.49. The van der Waals surface area contributed by atoms with Crippen LogP contribution in [0.3, 0.4) is 0 Å². The Morgan fingerprint density at radius 3 is 2.74 bits per heavy atom. The number of carbonyl (C=O) groups is 2. The minimum atomic E-state index is -1.97. The van der Waals surface area contributed by atoms with Crippen LogP contribution in [-0.4, -0.2) is 34.7 Å². The lowest BCUT2D eigenvalue weighted by Gasteiger charge is -2.38. The van der Waals surface area contributed by atoms with Gasteiger partial charge in [0.2, 0.25) is 0 Å². The first kappa shape index (κ1) is 12.2. The number of quaternary nitrogens is 1. The third-order valence-electron chi connectivity index (χ3n) is 3.77. The van der Waals surface area contributed by atoms with Gasteiger partial charge in [-0.05, 0) is 19.1 Å². The van der Waals surface area contributed by atoms with E-state index in [1.54, 1.807) is 37.3 Å². The molecule has 0 spiro atoms. The molecule has 1 aromatic carbocycles. The summed E-state index contributed by atoms with van der Waals surface area (Å²) in [6.45, 7) is 2.21. The lowest BCUT2D eigenvalue weighted by molar-refractivity contribution is -0.918. The van der Waals surface area contributed by atoms with Crippen LogP contribution < -0.4 is 0 Å². The molecule has 1 N–H and O–H groups in total. The second-order valence-corrected chi connectivity index (χ2v) is 4.75. The molecule has 0 bridgehead atoms. The minimum Gasteiger partial charge on any atom is -0.435 e. The van der Waals surface area contributed by atoms with E-state index in [0.717, 1.165) is 0 Å². The zero-order valence-electron chi connectivity index (χ0n) is 11.8. The molecule has 0 aromatic heterocycles. The number of rotatable bonds is 4. The fraction of sp³-hybridized carbons (Fsp3) is 0.429. The van der Waals surface area contributed by atoms with Crippen LogP contribution in [-0.2, 0) is 9.53 Å². The SMILES string of the molecule is [2H]C(OC=O)(c1ccccc1)[N+]1(C(=O)O)CCC[C@H]1C. The van der Waals surface area contributed by atoms with Gasteiger partial charge in [0.1, 0.15) is 0 Å². The Morgan fingerprint density at radius 2 is 2.26 bits per heavy atom. The molecule has 2 unspecified atom stereocenters. The molecule has 1 amide bonds. The Morgan fingerprint density at radius 1 is 1.58 bits per heavy atom. The van der Waals surface area contributed by atoms with Gasteiger partial charge in [-0.1, -0.05) is 18.2 Å². The third-order valence-corrected chi connectivity index (χ3v) is 3.77. The van der Waals surface area contributed by atoms with Crippen molar-refractivity contribution in [3.05, 3.63) is 35.9 Å². The summed E-state index contributed by atoms with van der Waals surface area (Å²) in [6, 6.07) is 8.10. The van der Waals surface area contributed by atoms with Gasteiger partial charge in [-0.25, -0.2) is 0 Å². The van der Waals surface area contributed by atoms with Gasteiger partial charge in [0, 0.05) is 12.8 Å². The molecule has 2 rings (SSSR count). The van der Waals surface area contributed by atoms with Crippen molar-refractivity contribution in [2.24, 2.45) is 0 Å². The lowest BCUT2D eigenvalue weighted by atomic mass is 10.1. The number of benzene rings is 1. The number of likely N-dealkylation sites (tertiary alicyclic amines) is 1. The predicted molar refractivity (Wildman–Crippen MR) is 68.2 cm³/mol. The van der Waals surface area contributed by atoms with Gasteiger partial charge in [0.05, 0.1) is 18.2 Å². The molecule has 1 fully saturated rings. The lowest BCUT2D eigenvalue weighted by Crippen LogP contribution is -2.57. The molecule has 5 nitrogen and oxygen atoms in total. The van der Waals surface area contributed by atoms with Crippen molar-refractivity contribution in [3.63, 3.8) is 0 Å². The van der Waals surface area contributed by atoms with E-state index in [9.17, 15) is 14.7 Å². The fourth-order valence-electron chi connectivity index (χ4n) is 2.77. The zero-order chi connectivity index (χ0) is 14.8. The number of amides is 1. The average molecular weight is 265 g/mol. The normalized spacial score (nSPS) is 30.2. The van der Waals surface area contributed by atoms with Crippen molar-refractivity contribution in [1.29, 1.82) is 0 Å². The first-order valence-electron chi connectivity index (χ1n) is 6.77. The highest BCUT2D eigenvalue weighted by molar-refractivity contribution is 5.58. The monoisotopic (exact) mass is 265 g/mol. The molecule has 1 saturated heterocycles. The number of hydrogen-bond donors (Lipinski definition) is 1. The molecular weight excluding hydrogens is 246 g/mol. The summed E-state index contributed by atoms with van der Waals surface area (Å²) in [6.07, 6.45) is -1.74. The van der Waals surface area contributed by atoms with E-state index in [4.69, 9.17) is 6.11 Å². The molecule has 1 heterocycles. The summed E-state index contributed by atoms with van der Waals surface area (Å²) < 4.78 is 13.0. The van der Waals surface area contributed by atoms with Crippen LogP contribution in [0.15, 0.2) is 30.3 Å². The number of hydrogen-bond acceptors (Lipinski definition) is 3. The largest absolute Gasteiger partial charge is 0.517 e. The Bertz CT molecular complexity index is 509. The van der Waals surface area contributed by atoms with Crippen molar-refractivity contribution in [3.8, 4) is 0 Å². The van der Waals surface area contributed by atoms with Gasteiger partial charge in [-0.15, -0.1) is 0 Å². The van der Waals surface area contributed by atoms with Crippen molar-refractivity contribution in [1.82, 2.24) is 0 Å². The quantitative estimate of drug-likeness (QED) is 0.671. The van der Waals surface area contributed by atoms with Crippen LogP contribution in [0.1, 0.15) is 32.9 Å². The summed E-state index contributed by atoms with van der Waals surface area (Å²) in [5.41, 5.74) is 0.364. The van der Waals surface area contributed by atoms with Crippen LogP contribution >= 0.6 is 0 Å². The highest BCUT2D eigenvalue weighted by Crippen LogP contribution is 2.39. The van der Waals surface area contributed by atoms with E-state index in [1.165, 1.54) is 0 Å². The van der Waals surface area contributed by atoms with Crippen LogP contribution in [0, 0.1) is 0 Å². The van der Waals surface area contributed by atoms with E-state index in [1.807, 2.05) is 0 Å². The average Bonchev–Trinajstić information content (AvgIpc) is 2.83. The van der Waals surface area contributed by atoms with Gasteiger partial charge < -0.3 is 9.84 Å². The van der Waals surface area contributed by atoms with Crippen LogP contribution in [0.5, 0.6) is 0 Å². The van der Waals surface area contributed by atoms with Gasteiger partial charge in [0.25, 0.3) is 12.7 Å². The Labute approximate surface area is 113 Å². The standard InChI is InChI=1S/C14H17NO4/c1-11-6-5-9-15(11,14(17)18)13(19-10-16)12-7-3-2-4-8-12/h2-4,7-8,10-11,13H,5-6,9H2,1H3/p+1/t11-,13?,15?/m1/s1/i13D. The molecular formula is C14H18NO4+. The third kappa shape index (κ3) is 2.21. The Kier molecular flexibility index (Phi) is 3.46. The van der Waals surface area contributed by atoms with Gasteiger partial charge in [-0.3, -0.25) is 4.79 Å². The van der Waals surface area contributed by atoms with E-state index in [-0.39, 0.29) is 19.1 Å². The van der Waals surface area contributed by atoms with Gasteiger partial charge in [-0.2, -0.15) is 9.28 Å². The number of carboxylic acid groups (broad SMARTS) is 1. The van der Waals surface area contributed by atoms with Crippen molar-refractivity contribution >= 4 is 12.6 Å². The summed E-state index contributed by atoms with van der Waals surface area (Å²) in [5.74, 6) is 0. The van der Waals surface area contributed by atoms with E-state index in [0.29, 0.717) is 18.4 Å². The molecule has 3 atom stereocenters. The number of carbonyl (C=O) groups excluding carboxylic acids is 1. The fourth-order valence-corrected chi connectivity index (χ4v) is 2.77. The minimum absolute atomic E-state index is 0.161. The smallest absolute Gasteiger partial charge is 0.435 e. The predicted octanol–water partition coefficient (Wildman–Crippen LogP) is 2.54. The Hall–Kier alpha value is -1.88. The zero-order valence-corrected chi connectivity index (χ0v) is 10.8. The second kappa shape index (κ2) is 5.40. The van der Waals surface area contributed by atoms with E-state index in [2.05, 4.69) is 0 Å².